The molecule has 1 N–H and O–H groups in total. The third-order valence-electron chi connectivity index (χ3n) is 3.26. The molecular formula is C15H17ClN2O2. The smallest absolute Gasteiger partial charge is 0.297 e. The van der Waals surface area contributed by atoms with Crippen molar-refractivity contribution in [3.05, 3.63) is 60.9 Å². The SMILES string of the molecule is Cc1ccc(-n2c(=O)[nH]c(Cl)c(C(C)C)c2=O)c(C)c1. The lowest BCUT2D eigenvalue weighted by Crippen LogP contribution is -2.37. The summed E-state index contributed by atoms with van der Waals surface area (Å²) in [5.74, 6) is -0.0659. The Labute approximate surface area is 122 Å². The minimum absolute atomic E-state index is 0.0659. The van der Waals surface area contributed by atoms with Gasteiger partial charge < -0.3 is 0 Å². The number of halogens is 1. The second-order valence-electron chi connectivity index (χ2n) is 5.24. The number of aromatic amines is 1. The van der Waals surface area contributed by atoms with Gasteiger partial charge in [-0.15, -0.1) is 0 Å². The van der Waals surface area contributed by atoms with E-state index >= 15 is 0 Å². The summed E-state index contributed by atoms with van der Waals surface area (Å²) in [6.45, 7) is 7.57. The Hall–Kier alpha value is -1.81. The predicted molar refractivity (Wildman–Crippen MR) is 81.2 cm³/mol. The van der Waals surface area contributed by atoms with Crippen molar-refractivity contribution >= 4 is 11.6 Å². The van der Waals surface area contributed by atoms with Crippen LogP contribution in [0.2, 0.25) is 5.15 Å². The van der Waals surface area contributed by atoms with Crippen molar-refractivity contribution in [1.82, 2.24) is 9.55 Å². The number of aryl methyl sites for hydroxylation is 2. The van der Waals surface area contributed by atoms with Crippen molar-refractivity contribution < 1.29 is 0 Å². The molecule has 4 nitrogen and oxygen atoms in total. The molecule has 0 saturated carbocycles. The maximum atomic E-state index is 12.5. The van der Waals surface area contributed by atoms with Gasteiger partial charge in [-0.2, -0.15) is 0 Å². The molecule has 5 heteroatoms. The minimum atomic E-state index is -0.517. The molecule has 1 aromatic heterocycles. The van der Waals surface area contributed by atoms with Crippen molar-refractivity contribution in [2.24, 2.45) is 0 Å². The quantitative estimate of drug-likeness (QED) is 0.865. The second kappa shape index (κ2) is 5.29. The van der Waals surface area contributed by atoms with E-state index in [1.54, 1.807) is 6.07 Å². The molecule has 1 aromatic carbocycles. The lowest BCUT2D eigenvalue weighted by Gasteiger charge is -2.13. The molecular weight excluding hydrogens is 276 g/mol. The average Bonchev–Trinajstić information content (AvgIpc) is 2.30. The number of benzene rings is 1. The molecule has 1 heterocycles. The van der Waals surface area contributed by atoms with Gasteiger partial charge in [-0.3, -0.25) is 9.78 Å². The van der Waals surface area contributed by atoms with Crippen LogP contribution in [0.25, 0.3) is 5.69 Å². The number of hydrogen-bond donors (Lipinski definition) is 1. The van der Waals surface area contributed by atoms with Crippen LogP contribution < -0.4 is 11.2 Å². The zero-order valence-corrected chi connectivity index (χ0v) is 12.7. The summed E-state index contributed by atoms with van der Waals surface area (Å²) in [5.41, 5.74) is 2.08. The molecule has 0 atom stereocenters. The highest BCUT2D eigenvalue weighted by molar-refractivity contribution is 6.30. The van der Waals surface area contributed by atoms with Crippen LogP contribution in [0.3, 0.4) is 0 Å². The fourth-order valence-electron chi connectivity index (χ4n) is 2.30. The first-order valence-corrected chi connectivity index (χ1v) is 6.83. The largest absolute Gasteiger partial charge is 0.334 e. The monoisotopic (exact) mass is 292 g/mol. The zero-order chi connectivity index (χ0) is 15.0. The average molecular weight is 293 g/mol. The van der Waals surface area contributed by atoms with Crippen molar-refractivity contribution in [3.8, 4) is 5.69 Å². The minimum Gasteiger partial charge on any atom is -0.297 e. The van der Waals surface area contributed by atoms with Crippen LogP contribution in [0, 0.1) is 13.8 Å². The fourth-order valence-corrected chi connectivity index (χ4v) is 2.68. The van der Waals surface area contributed by atoms with Crippen LogP contribution in [0.1, 0.15) is 36.5 Å². The van der Waals surface area contributed by atoms with Gasteiger partial charge in [-0.1, -0.05) is 43.1 Å². The number of nitrogens with one attached hydrogen (secondary N) is 1. The van der Waals surface area contributed by atoms with Gasteiger partial charge in [0.25, 0.3) is 5.56 Å². The number of H-pyrrole nitrogens is 1. The lowest BCUT2D eigenvalue weighted by atomic mass is 10.1. The van der Waals surface area contributed by atoms with Crippen LogP contribution in [-0.4, -0.2) is 9.55 Å². The molecule has 2 rings (SSSR count). The number of rotatable bonds is 2. The van der Waals surface area contributed by atoms with E-state index in [-0.39, 0.29) is 16.6 Å². The Balaban J connectivity index is 2.85. The standard InChI is InChI=1S/C15H17ClN2O2/c1-8(2)12-13(16)17-15(20)18(14(12)19)11-6-5-9(3)7-10(11)4/h5-8H,1-4H3,(H,17,20). The van der Waals surface area contributed by atoms with Gasteiger partial charge >= 0.3 is 5.69 Å². The lowest BCUT2D eigenvalue weighted by molar-refractivity contribution is 0.775. The zero-order valence-electron chi connectivity index (χ0n) is 12.0. The molecule has 0 aliphatic heterocycles. The summed E-state index contributed by atoms with van der Waals surface area (Å²) >= 11 is 5.99. The molecule has 0 bridgehead atoms. The molecule has 0 aliphatic carbocycles. The van der Waals surface area contributed by atoms with E-state index in [0.29, 0.717) is 11.3 Å². The van der Waals surface area contributed by atoms with Crippen LogP contribution in [0.4, 0.5) is 0 Å². The molecule has 106 valence electrons. The van der Waals surface area contributed by atoms with Gasteiger partial charge in [0.15, 0.2) is 0 Å². The van der Waals surface area contributed by atoms with Gasteiger partial charge in [-0.25, -0.2) is 9.36 Å². The van der Waals surface area contributed by atoms with Crippen LogP contribution in [0.5, 0.6) is 0 Å². The molecule has 0 radical (unpaired) electrons. The molecule has 0 saturated heterocycles. The molecule has 20 heavy (non-hydrogen) atoms. The van der Waals surface area contributed by atoms with Crippen LogP contribution in [0.15, 0.2) is 27.8 Å². The molecule has 0 fully saturated rings. The summed E-state index contributed by atoms with van der Waals surface area (Å²) in [7, 11) is 0. The highest BCUT2D eigenvalue weighted by atomic mass is 35.5. The Bertz CT molecular complexity index is 772. The molecule has 0 unspecified atom stereocenters. The molecule has 0 spiro atoms. The number of hydrogen-bond acceptors (Lipinski definition) is 2. The van der Waals surface area contributed by atoms with Gasteiger partial charge in [0.05, 0.1) is 11.3 Å². The van der Waals surface area contributed by atoms with Gasteiger partial charge in [-0.05, 0) is 31.4 Å². The number of nitrogens with zero attached hydrogens (tertiary/aromatic N) is 1. The summed E-state index contributed by atoms with van der Waals surface area (Å²) in [6.07, 6.45) is 0. The molecule has 2 aromatic rings. The normalized spacial score (nSPS) is 11.1. The van der Waals surface area contributed by atoms with E-state index in [0.717, 1.165) is 15.7 Å². The van der Waals surface area contributed by atoms with E-state index in [4.69, 9.17) is 11.6 Å². The Morgan fingerprint density at radius 2 is 1.85 bits per heavy atom. The van der Waals surface area contributed by atoms with E-state index < -0.39 is 5.69 Å². The second-order valence-corrected chi connectivity index (χ2v) is 5.62. The Kier molecular flexibility index (Phi) is 3.86. The number of aromatic nitrogens is 2. The van der Waals surface area contributed by atoms with E-state index in [1.807, 2.05) is 39.8 Å². The summed E-state index contributed by atoms with van der Waals surface area (Å²) in [5, 5.41) is 0.121. The summed E-state index contributed by atoms with van der Waals surface area (Å²) in [4.78, 5) is 27.2. The molecule has 0 amide bonds. The van der Waals surface area contributed by atoms with Crippen molar-refractivity contribution in [2.45, 2.75) is 33.6 Å². The van der Waals surface area contributed by atoms with Crippen LogP contribution >= 0.6 is 11.6 Å². The first-order chi connectivity index (χ1) is 9.32. The third-order valence-corrected chi connectivity index (χ3v) is 3.56. The first kappa shape index (κ1) is 14.6. The van der Waals surface area contributed by atoms with Crippen molar-refractivity contribution in [1.29, 1.82) is 0 Å². The topological polar surface area (TPSA) is 54.9 Å². The Morgan fingerprint density at radius 3 is 2.40 bits per heavy atom. The Morgan fingerprint density at radius 1 is 1.20 bits per heavy atom. The van der Waals surface area contributed by atoms with Crippen molar-refractivity contribution in [3.63, 3.8) is 0 Å². The fraction of sp³-hybridized carbons (Fsp3) is 0.333. The van der Waals surface area contributed by atoms with E-state index in [9.17, 15) is 9.59 Å². The predicted octanol–water partition coefficient (Wildman–Crippen LogP) is 2.92. The van der Waals surface area contributed by atoms with Gasteiger partial charge in [0.1, 0.15) is 5.15 Å². The van der Waals surface area contributed by atoms with Crippen molar-refractivity contribution in [2.75, 3.05) is 0 Å². The van der Waals surface area contributed by atoms with E-state index in [1.165, 1.54) is 0 Å². The van der Waals surface area contributed by atoms with Gasteiger partial charge in [0.2, 0.25) is 0 Å². The summed E-state index contributed by atoms with van der Waals surface area (Å²) < 4.78 is 1.15. The van der Waals surface area contributed by atoms with E-state index in [2.05, 4.69) is 4.98 Å². The molecule has 0 aliphatic rings. The third kappa shape index (κ3) is 2.43. The maximum absolute atomic E-state index is 12.5. The summed E-state index contributed by atoms with van der Waals surface area (Å²) in [6, 6.07) is 5.59. The first-order valence-electron chi connectivity index (χ1n) is 6.45. The highest BCUT2D eigenvalue weighted by Gasteiger charge is 2.17. The van der Waals surface area contributed by atoms with Gasteiger partial charge in [0, 0.05) is 0 Å². The maximum Gasteiger partial charge on any atom is 0.334 e. The van der Waals surface area contributed by atoms with Crippen LogP contribution in [-0.2, 0) is 0 Å². The highest BCUT2D eigenvalue weighted by Crippen LogP contribution is 2.18.